The number of rotatable bonds is 6. The van der Waals surface area contributed by atoms with Gasteiger partial charge in [0.1, 0.15) is 0 Å². The van der Waals surface area contributed by atoms with Crippen LogP contribution in [0.15, 0.2) is 18.3 Å². The van der Waals surface area contributed by atoms with Gasteiger partial charge < -0.3 is 10.2 Å². The minimum atomic E-state index is 0.682. The minimum absolute atomic E-state index is 0.682. The number of pyridine rings is 1. The summed E-state index contributed by atoms with van der Waals surface area (Å²) in [5.41, 5.74) is 2.34. The Labute approximate surface area is 98.9 Å². The van der Waals surface area contributed by atoms with Crippen molar-refractivity contribution in [2.75, 3.05) is 25.0 Å². The van der Waals surface area contributed by atoms with Gasteiger partial charge in [-0.05, 0) is 31.5 Å². The summed E-state index contributed by atoms with van der Waals surface area (Å²) in [5, 5.41) is 3.40. The Kier molecular flexibility index (Phi) is 5.26. The largest absolute Gasteiger partial charge is 0.375 e. The first-order valence-corrected chi connectivity index (χ1v) is 6.00. The highest BCUT2D eigenvalue weighted by atomic mass is 15.1. The summed E-state index contributed by atoms with van der Waals surface area (Å²) in [5.74, 6) is 0.682. The summed E-state index contributed by atoms with van der Waals surface area (Å²) < 4.78 is 0. The first-order valence-electron chi connectivity index (χ1n) is 6.00. The van der Waals surface area contributed by atoms with E-state index in [1.807, 2.05) is 6.20 Å². The summed E-state index contributed by atoms with van der Waals surface area (Å²) in [6.45, 7) is 9.47. The standard InChI is InChI=1S/C13H23N3/c1-5-16(4)13-6-7-15-12(8-13)10-14-9-11(2)3/h6-8,11,14H,5,9-10H2,1-4H3. The summed E-state index contributed by atoms with van der Waals surface area (Å²) in [6.07, 6.45) is 1.88. The first kappa shape index (κ1) is 13.0. The Bertz CT molecular complexity index is 310. The van der Waals surface area contributed by atoms with Crippen LogP contribution in [-0.4, -0.2) is 25.1 Å². The van der Waals surface area contributed by atoms with Gasteiger partial charge in [0.25, 0.3) is 0 Å². The second kappa shape index (κ2) is 6.48. The molecule has 0 saturated heterocycles. The molecule has 0 aromatic carbocycles. The SMILES string of the molecule is CCN(C)c1ccnc(CNCC(C)C)c1. The number of hydrogen-bond acceptors (Lipinski definition) is 3. The predicted molar refractivity (Wildman–Crippen MR) is 69.7 cm³/mol. The zero-order valence-corrected chi connectivity index (χ0v) is 10.8. The molecule has 0 aliphatic heterocycles. The van der Waals surface area contributed by atoms with Crippen LogP contribution in [0.5, 0.6) is 0 Å². The van der Waals surface area contributed by atoms with Crippen molar-refractivity contribution in [2.24, 2.45) is 5.92 Å². The van der Waals surface area contributed by atoms with E-state index in [1.54, 1.807) is 0 Å². The van der Waals surface area contributed by atoms with Crippen molar-refractivity contribution in [3.63, 3.8) is 0 Å². The molecule has 1 heterocycles. The Morgan fingerprint density at radius 3 is 2.81 bits per heavy atom. The van der Waals surface area contributed by atoms with Crippen LogP contribution in [0.1, 0.15) is 26.5 Å². The molecule has 1 aromatic heterocycles. The van der Waals surface area contributed by atoms with Crippen LogP contribution < -0.4 is 10.2 Å². The van der Waals surface area contributed by atoms with Crippen LogP contribution >= 0.6 is 0 Å². The van der Waals surface area contributed by atoms with Crippen LogP contribution in [0, 0.1) is 5.92 Å². The average molecular weight is 221 g/mol. The Hall–Kier alpha value is -1.09. The fourth-order valence-corrected chi connectivity index (χ4v) is 1.47. The van der Waals surface area contributed by atoms with Crippen LogP contribution in [0.3, 0.4) is 0 Å². The van der Waals surface area contributed by atoms with Crippen molar-refractivity contribution in [3.8, 4) is 0 Å². The van der Waals surface area contributed by atoms with Crippen molar-refractivity contribution < 1.29 is 0 Å². The number of nitrogens with one attached hydrogen (secondary N) is 1. The van der Waals surface area contributed by atoms with Gasteiger partial charge in [0.05, 0.1) is 5.69 Å². The van der Waals surface area contributed by atoms with Gasteiger partial charge in [0, 0.05) is 32.0 Å². The summed E-state index contributed by atoms with van der Waals surface area (Å²) >= 11 is 0. The monoisotopic (exact) mass is 221 g/mol. The van der Waals surface area contributed by atoms with E-state index >= 15 is 0 Å². The smallest absolute Gasteiger partial charge is 0.0562 e. The van der Waals surface area contributed by atoms with Crippen molar-refractivity contribution >= 4 is 5.69 Å². The molecule has 0 amide bonds. The molecule has 1 rings (SSSR count). The summed E-state index contributed by atoms with van der Waals surface area (Å²) in [7, 11) is 2.10. The van der Waals surface area contributed by atoms with Crippen LogP contribution in [0.25, 0.3) is 0 Å². The zero-order chi connectivity index (χ0) is 12.0. The van der Waals surface area contributed by atoms with Crippen molar-refractivity contribution in [1.29, 1.82) is 0 Å². The normalized spacial score (nSPS) is 10.8. The molecular formula is C13H23N3. The van der Waals surface area contributed by atoms with Gasteiger partial charge in [-0.15, -0.1) is 0 Å². The van der Waals surface area contributed by atoms with Crippen LogP contribution in [0.4, 0.5) is 5.69 Å². The molecule has 0 atom stereocenters. The fraction of sp³-hybridized carbons (Fsp3) is 0.615. The van der Waals surface area contributed by atoms with Crippen LogP contribution in [-0.2, 0) is 6.54 Å². The third-order valence-corrected chi connectivity index (χ3v) is 2.57. The quantitative estimate of drug-likeness (QED) is 0.799. The third-order valence-electron chi connectivity index (χ3n) is 2.57. The van der Waals surface area contributed by atoms with Gasteiger partial charge in [0.2, 0.25) is 0 Å². The van der Waals surface area contributed by atoms with E-state index in [2.05, 4.69) is 55.2 Å². The maximum atomic E-state index is 4.36. The predicted octanol–water partition coefficient (Wildman–Crippen LogP) is 2.28. The molecule has 1 N–H and O–H groups in total. The van der Waals surface area contributed by atoms with Crippen molar-refractivity contribution in [2.45, 2.75) is 27.3 Å². The highest BCUT2D eigenvalue weighted by Crippen LogP contribution is 2.12. The lowest BCUT2D eigenvalue weighted by molar-refractivity contribution is 0.548. The Morgan fingerprint density at radius 1 is 1.44 bits per heavy atom. The molecule has 0 fully saturated rings. The molecule has 3 heteroatoms. The molecule has 0 aliphatic carbocycles. The Balaban J connectivity index is 2.54. The van der Waals surface area contributed by atoms with Crippen molar-refractivity contribution in [1.82, 2.24) is 10.3 Å². The maximum absolute atomic E-state index is 4.36. The highest BCUT2D eigenvalue weighted by Gasteiger charge is 2.01. The molecule has 0 unspecified atom stereocenters. The molecule has 3 nitrogen and oxygen atoms in total. The van der Waals surface area contributed by atoms with E-state index < -0.39 is 0 Å². The van der Waals surface area contributed by atoms with Gasteiger partial charge in [0.15, 0.2) is 0 Å². The second-order valence-corrected chi connectivity index (χ2v) is 4.54. The molecule has 0 aliphatic rings. The number of nitrogens with zero attached hydrogens (tertiary/aromatic N) is 2. The topological polar surface area (TPSA) is 28.2 Å². The molecule has 90 valence electrons. The fourth-order valence-electron chi connectivity index (χ4n) is 1.47. The number of aromatic nitrogens is 1. The molecule has 16 heavy (non-hydrogen) atoms. The van der Waals surface area contributed by atoms with Gasteiger partial charge in [-0.25, -0.2) is 0 Å². The molecule has 0 radical (unpaired) electrons. The van der Waals surface area contributed by atoms with E-state index in [1.165, 1.54) is 5.69 Å². The van der Waals surface area contributed by atoms with E-state index in [-0.39, 0.29) is 0 Å². The highest BCUT2D eigenvalue weighted by molar-refractivity contribution is 5.45. The molecule has 0 saturated carbocycles. The van der Waals surface area contributed by atoms with Gasteiger partial charge in [-0.2, -0.15) is 0 Å². The zero-order valence-electron chi connectivity index (χ0n) is 10.8. The minimum Gasteiger partial charge on any atom is -0.375 e. The van der Waals surface area contributed by atoms with E-state index in [0.717, 1.165) is 25.3 Å². The molecular weight excluding hydrogens is 198 g/mol. The third kappa shape index (κ3) is 4.19. The van der Waals surface area contributed by atoms with Gasteiger partial charge in [-0.1, -0.05) is 13.8 Å². The first-order chi connectivity index (χ1) is 7.63. The number of anilines is 1. The summed E-state index contributed by atoms with van der Waals surface area (Å²) in [4.78, 5) is 6.58. The second-order valence-electron chi connectivity index (χ2n) is 4.54. The van der Waals surface area contributed by atoms with Gasteiger partial charge in [-0.3, -0.25) is 4.98 Å². The van der Waals surface area contributed by atoms with E-state index in [9.17, 15) is 0 Å². The lowest BCUT2D eigenvalue weighted by Crippen LogP contribution is -2.20. The van der Waals surface area contributed by atoms with Gasteiger partial charge >= 0.3 is 0 Å². The van der Waals surface area contributed by atoms with Crippen LogP contribution in [0.2, 0.25) is 0 Å². The van der Waals surface area contributed by atoms with Crippen molar-refractivity contribution in [3.05, 3.63) is 24.0 Å². The maximum Gasteiger partial charge on any atom is 0.0562 e. The lowest BCUT2D eigenvalue weighted by Gasteiger charge is -2.17. The molecule has 1 aromatic rings. The summed E-state index contributed by atoms with van der Waals surface area (Å²) in [6, 6.07) is 4.20. The molecule has 0 bridgehead atoms. The Morgan fingerprint density at radius 2 is 2.19 bits per heavy atom. The van der Waals surface area contributed by atoms with E-state index in [0.29, 0.717) is 5.92 Å². The average Bonchev–Trinajstić information content (AvgIpc) is 2.28. The molecule has 0 spiro atoms. The lowest BCUT2D eigenvalue weighted by atomic mass is 10.2. The number of hydrogen-bond donors (Lipinski definition) is 1. The van der Waals surface area contributed by atoms with E-state index in [4.69, 9.17) is 0 Å².